The lowest BCUT2D eigenvalue weighted by Crippen LogP contribution is -2.34. The molecule has 4 N–H and O–H groups in total. The highest BCUT2D eigenvalue weighted by Crippen LogP contribution is 2.43. The number of allylic oxidation sites excluding steroid dienone is 11. The molecule has 1 aliphatic heterocycles. The van der Waals surface area contributed by atoms with Gasteiger partial charge in [-0.25, -0.2) is 4.57 Å². The summed E-state index contributed by atoms with van der Waals surface area (Å²) in [6, 6.07) is -1.54. The van der Waals surface area contributed by atoms with Gasteiger partial charge >= 0.3 is 25.7 Å². The number of unbranched alkanes of at least 4 members (excludes halogenated alkanes) is 10. The van der Waals surface area contributed by atoms with Gasteiger partial charge in [-0.2, -0.15) is 0 Å². The number of rotatable bonds is 39. The Bertz CT molecular complexity index is 1340. The topological polar surface area (TPSA) is 184 Å². The Morgan fingerprint density at radius 1 is 0.627 bits per heavy atom. The maximum atomic E-state index is 12.6. The Morgan fingerprint density at radius 2 is 1.15 bits per heavy atom. The van der Waals surface area contributed by atoms with Crippen LogP contribution in [-0.4, -0.2) is 72.1 Å². The predicted molar refractivity (Wildman–Crippen MR) is 235 cm³/mol. The van der Waals surface area contributed by atoms with E-state index in [9.17, 15) is 23.8 Å². The smallest absolute Gasteiger partial charge is 0.472 e. The summed E-state index contributed by atoms with van der Waals surface area (Å²) < 4.78 is 38.4. The number of carbonyl (C=O) groups excluding carboxylic acids is 2. The maximum absolute atomic E-state index is 12.6. The minimum Gasteiger partial charge on any atom is -0.480 e. The number of hydrogen-bond donors (Lipinski definition) is 3. The number of carbonyl (C=O) groups is 3. The Hall–Kier alpha value is -3.12. The third-order valence-corrected chi connectivity index (χ3v) is 10.3. The average molecular weight is 850 g/mol. The minimum atomic E-state index is -4.75. The van der Waals surface area contributed by atoms with Crippen molar-refractivity contribution in [1.29, 1.82) is 0 Å². The first-order valence-electron chi connectivity index (χ1n) is 22.1. The molecule has 0 aromatic heterocycles. The van der Waals surface area contributed by atoms with Crippen molar-refractivity contribution < 1.29 is 52.2 Å². The van der Waals surface area contributed by atoms with Gasteiger partial charge in [0.1, 0.15) is 12.6 Å². The van der Waals surface area contributed by atoms with Gasteiger partial charge < -0.3 is 29.9 Å². The fraction of sp³-hybridized carbons (Fsp3) is 0.674. The number of carboxylic acids is 1. The lowest BCUT2D eigenvalue weighted by molar-refractivity contribution is -0.161. The summed E-state index contributed by atoms with van der Waals surface area (Å²) in [5.41, 5.74) is 5.33. The van der Waals surface area contributed by atoms with Crippen LogP contribution in [0.3, 0.4) is 0 Å². The molecule has 1 heterocycles. The molecule has 13 heteroatoms. The predicted octanol–water partition coefficient (Wildman–Crippen LogP) is 10.7. The van der Waals surface area contributed by atoms with Crippen LogP contribution in [0.1, 0.15) is 155 Å². The molecule has 1 aliphatic rings. The van der Waals surface area contributed by atoms with Crippen LogP contribution in [0.4, 0.5) is 0 Å². The number of phosphoric ester groups is 1. The van der Waals surface area contributed by atoms with Gasteiger partial charge in [0.15, 0.2) is 6.10 Å². The van der Waals surface area contributed by atoms with Crippen molar-refractivity contribution in [3.63, 3.8) is 0 Å². The summed E-state index contributed by atoms with van der Waals surface area (Å²) in [5.74, 6) is -2.52. The molecular formula is C46H76NO11P. The number of carboxylic acid groups (broad SMARTS) is 1. The van der Waals surface area contributed by atoms with E-state index in [2.05, 4.69) is 73.1 Å². The average Bonchev–Trinajstić information content (AvgIpc) is 3.97. The molecular weight excluding hydrogens is 773 g/mol. The molecule has 1 saturated heterocycles. The number of nitrogens with two attached hydrogens (primary N) is 1. The van der Waals surface area contributed by atoms with E-state index >= 15 is 0 Å². The van der Waals surface area contributed by atoms with Crippen LogP contribution in [-0.2, 0) is 42.2 Å². The largest absolute Gasteiger partial charge is 0.480 e. The fourth-order valence-corrected chi connectivity index (χ4v) is 6.54. The number of ether oxygens (including phenoxy) is 3. The van der Waals surface area contributed by atoms with Crippen LogP contribution in [0, 0.1) is 0 Å². The molecule has 59 heavy (non-hydrogen) atoms. The van der Waals surface area contributed by atoms with Gasteiger partial charge in [-0.15, -0.1) is 0 Å². The van der Waals surface area contributed by atoms with Crippen molar-refractivity contribution >= 4 is 25.7 Å². The van der Waals surface area contributed by atoms with E-state index in [1.54, 1.807) is 0 Å². The highest BCUT2D eigenvalue weighted by molar-refractivity contribution is 7.47. The van der Waals surface area contributed by atoms with Gasteiger partial charge in [0.25, 0.3) is 0 Å². The zero-order valence-electron chi connectivity index (χ0n) is 36.0. The number of epoxide rings is 1. The highest BCUT2D eigenvalue weighted by Gasteiger charge is 2.36. The van der Waals surface area contributed by atoms with Crippen LogP contribution < -0.4 is 5.73 Å². The van der Waals surface area contributed by atoms with Crippen LogP contribution in [0.2, 0.25) is 0 Å². The second kappa shape index (κ2) is 36.7. The molecule has 0 aromatic carbocycles. The molecule has 0 amide bonds. The SMILES string of the molecule is CCCCC/C=C\C/C=C\C/C=C\C/C=C\C/C=C\CCC(=O)O[C@H](COC(=O)CCCCCCCC1OC1C/C=C\CCCCC)COP(=O)(O)OC[C@H](N)C(=O)O. The summed E-state index contributed by atoms with van der Waals surface area (Å²) in [6.45, 7) is 2.63. The van der Waals surface area contributed by atoms with E-state index < -0.39 is 57.7 Å². The fourth-order valence-electron chi connectivity index (χ4n) is 5.76. The number of hydrogen-bond acceptors (Lipinski definition) is 10. The van der Waals surface area contributed by atoms with E-state index in [4.69, 9.17) is 29.6 Å². The monoisotopic (exact) mass is 850 g/mol. The molecule has 0 aromatic rings. The summed E-state index contributed by atoms with van der Waals surface area (Å²) in [6.07, 6.45) is 45.7. The zero-order valence-corrected chi connectivity index (χ0v) is 36.9. The van der Waals surface area contributed by atoms with Crippen molar-refractivity contribution in [2.45, 2.75) is 179 Å². The molecule has 5 atom stereocenters. The Labute approximate surface area is 355 Å². The van der Waals surface area contributed by atoms with Gasteiger partial charge in [0.05, 0.1) is 25.4 Å². The van der Waals surface area contributed by atoms with Crippen molar-refractivity contribution in [3.05, 3.63) is 72.9 Å². The van der Waals surface area contributed by atoms with Crippen molar-refractivity contribution in [2.75, 3.05) is 19.8 Å². The maximum Gasteiger partial charge on any atom is 0.472 e. The van der Waals surface area contributed by atoms with Gasteiger partial charge in [0.2, 0.25) is 0 Å². The molecule has 0 saturated carbocycles. The number of phosphoric acid groups is 1. The van der Waals surface area contributed by atoms with Crippen molar-refractivity contribution in [1.82, 2.24) is 0 Å². The standard InChI is InChI=1S/C46H76NO11P/c1-3-5-7-9-11-12-13-14-15-16-17-18-19-20-21-22-23-27-32-36-45(49)57-40(38-55-59(52,53)56-39-41(47)46(50)51)37-54-44(48)35-31-28-24-26-30-34-43-42(58-43)33-29-25-10-8-6-4-2/h11-12,14-15,17-18,20-21,23,25,27,29,40-43H,3-10,13,16,19,22,24,26,28,30-39,47H2,1-2H3,(H,50,51)(H,52,53)/b12-11-,15-14-,18-17-,21-20-,27-23-,29-25-/t40-,41+,42?,43?/m1/s1. The summed E-state index contributed by atoms with van der Waals surface area (Å²) in [5, 5.41) is 8.89. The molecule has 0 aliphatic carbocycles. The molecule has 12 nitrogen and oxygen atoms in total. The third kappa shape index (κ3) is 34.3. The molecule has 3 unspecified atom stereocenters. The van der Waals surface area contributed by atoms with Gasteiger partial charge in [-0.3, -0.25) is 23.4 Å². The van der Waals surface area contributed by atoms with Crippen molar-refractivity contribution in [3.8, 4) is 0 Å². The Kier molecular flexibility index (Phi) is 33.5. The summed E-state index contributed by atoms with van der Waals surface area (Å²) >= 11 is 0. The molecule has 336 valence electrons. The first kappa shape index (κ1) is 53.9. The van der Waals surface area contributed by atoms with Crippen molar-refractivity contribution in [2.24, 2.45) is 5.73 Å². The van der Waals surface area contributed by atoms with E-state index in [-0.39, 0.29) is 12.8 Å². The number of esters is 2. The Balaban J connectivity index is 2.35. The summed E-state index contributed by atoms with van der Waals surface area (Å²) in [4.78, 5) is 46.0. The zero-order chi connectivity index (χ0) is 43.2. The van der Waals surface area contributed by atoms with E-state index in [0.29, 0.717) is 31.5 Å². The second-order valence-corrected chi connectivity index (χ2v) is 16.3. The van der Waals surface area contributed by atoms with E-state index in [1.165, 1.54) is 38.5 Å². The quantitative estimate of drug-likeness (QED) is 0.0175. The first-order valence-corrected chi connectivity index (χ1v) is 23.6. The Morgan fingerprint density at radius 3 is 1.75 bits per heavy atom. The molecule has 0 spiro atoms. The second-order valence-electron chi connectivity index (χ2n) is 14.9. The number of aliphatic carboxylic acids is 1. The summed E-state index contributed by atoms with van der Waals surface area (Å²) in [7, 11) is -4.75. The highest BCUT2D eigenvalue weighted by atomic mass is 31.2. The molecule has 1 rings (SSSR count). The first-order chi connectivity index (χ1) is 28.6. The van der Waals surface area contributed by atoms with Gasteiger partial charge in [-0.05, 0) is 77.0 Å². The minimum absolute atomic E-state index is 0.0278. The lowest BCUT2D eigenvalue weighted by atomic mass is 10.1. The van der Waals surface area contributed by atoms with Crippen LogP contribution >= 0.6 is 7.82 Å². The normalized spacial score (nSPS) is 17.8. The van der Waals surface area contributed by atoms with E-state index in [1.807, 2.05) is 18.2 Å². The van der Waals surface area contributed by atoms with Crippen LogP contribution in [0.5, 0.6) is 0 Å². The lowest BCUT2D eigenvalue weighted by Gasteiger charge is -2.20. The van der Waals surface area contributed by atoms with Gasteiger partial charge in [-0.1, -0.05) is 138 Å². The third-order valence-electron chi connectivity index (χ3n) is 9.36. The van der Waals surface area contributed by atoms with Crippen LogP contribution in [0.15, 0.2) is 72.9 Å². The van der Waals surface area contributed by atoms with Gasteiger partial charge in [0, 0.05) is 12.8 Å². The molecule has 0 radical (unpaired) electrons. The molecule has 0 bridgehead atoms. The molecule has 1 fully saturated rings. The van der Waals surface area contributed by atoms with E-state index in [0.717, 1.165) is 70.6 Å². The van der Waals surface area contributed by atoms with Crippen LogP contribution in [0.25, 0.3) is 0 Å².